The standard InChI is InChI=1S/C8H5NO3S2/c10-8-7(9(11)12)5-2-1-4(13)3-6(5)14-8/h1-3,10,13H. The molecule has 2 aromatic rings. The molecule has 0 radical (unpaired) electrons. The number of aromatic hydroxyl groups is 1. The molecule has 0 bridgehead atoms. The van der Waals surface area contributed by atoms with Crippen LogP contribution in [0.4, 0.5) is 5.69 Å². The van der Waals surface area contributed by atoms with E-state index in [2.05, 4.69) is 12.6 Å². The van der Waals surface area contributed by atoms with Gasteiger partial charge in [0, 0.05) is 9.60 Å². The molecule has 0 atom stereocenters. The van der Waals surface area contributed by atoms with Gasteiger partial charge in [-0.3, -0.25) is 10.1 Å². The first-order chi connectivity index (χ1) is 6.59. The van der Waals surface area contributed by atoms with Crippen LogP contribution in [0.3, 0.4) is 0 Å². The van der Waals surface area contributed by atoms with Crippen LogP contribution < -0.4 is 0 Å². The maximum Gasteiger partial charge on any atom is 0.330 e. The van der Waals surface area contributed by atoms with Crippen molar-refractivity contribution in [3.63, 3.8) is 0 Å². The highest BCUT2D eigenvalue weighted by Crippen LogP contribution is 2.42. The molecule has 6 heteroatoms. The second-order valence-corrected chi connectivity index (χ2v) is 4.24. The highest BCUT2D eigenvalue weighted by molar-refractivity contribution is 7.80. The van der Waals surface area contributed by atoms with Crippen LogP contribution in [-0.2, 0) is 0 Å². The van der Waals surface area contributed by atoms with Crippen molar-refractivity contribution in [2.24, 2.45) is 0 Å². The van der Waals surface area contributed by atoms with Gasteiger partial charge in [0.1, 0.15) is 0 Å². The van der Waals surface area contributed by atoms with E-state index in [1.165, 1.54) is 0 Å². The van der Waals surface area contributed by atoms with Crippen molar-refractivity contribution < 1.29 is 10.0 Å². The van der Waals surface area contributed by atoms with Crippen LogP contribution in [0.25, 0.3) is 10.1 Å². The summed E-state index contributed by atoms with van der Waals surface area (Å²) in [5, 5.41) is 20.2. The molecule has 0 saturated heterocycles. The van der Waals surface area contributed by atoms with Crippen LogP contribution in [0, 0.1) is 10.1 Å². The molecule has 0 unspecified atom stereocenters. The van der Waals surface area contributed by atoms with Crippen molar-refractivity contribution in [1.82, 2.24) is 0 Å². The van der Waals surface area contributed by atoms with Crippen LogP contribution in [0.1, 0.15) is 0 Å². The van der Waals surface area contributed by atoms with E-state index in [1.807, 2.05) is 0 Å². The quantitative estimate of drug-likeness (QED) is 0.447. The van der Waals surface area contributed by atoms with Crippen molar-refractivity contribution in [2.45, 2.75) is 4.90 Å². The normalized spacial score (nSPS) is 10.6. The van der Waals surface area contributed by atoms with Crippen molar-refractivity contribution in [3.8, 4) is 5.06 Å². The SMILES string of the molecule is O=[N+]([O-])c1c(O)sc2cc(S)ccc12. The van der Waals surface area contributed by atoms with Crippen molar-refractivity contribution >= 4 is 39.7 Å². The first-order valence-electron chi connectivity index (χ1n) is 3.68. The van der Waals surface area contributed by atoms with E-state index in [0.717, 1.165) is 11.3 Å². The lowest BCUT2D eigenvalue weighted by Crippen LogP contribution is -1.85. The smallest absolute Gasteiger partial charge is 0.330 e. The van der Waals surface area contributed by atoms with Crippen LogP contribution in [0.5, 0.6) is 5.06 Å². The third-order valence-corrected chi connectivity index (χ3v) is 3.03. The number of nitrogens with zero attached hydrogens (tertiary/aromatic N) is 1. The second-order valence-electron chi connectivity index (χ2n) is 2.69. The molecule has 0 saturated carbocycles. The molecular weight excluding hydrogens is 222 g/mol. The third-order valence-electron chi connectivity index (χ3n) is 1.81. The summed E-state index contributed by atoms with van der Waals surface area (Å²) < 4.78 is 0.668. The molecule has 0 amide bonds. The zero-order valence-electron chi connectivity index (χ0n) is 6.80. The summed E-state index contributed by atoms with van der Waals surface area (Å²) in [6, 6.07) is 4.94. The third kappa shape index (κ3) is 1.32. The summed E-state index contributed by atoms with van der Waals surface area (Å²) in [6.45, 7) is 0. The molecule has 4 nitrogen and oxygen atoms in total. The molecule has 2 rings (SSSR count). The monoisotopic (exact) mass is 227 g/mol. The molecule has 1 N–H and O–H groups in total. The Labute approximate surface area is 88.4 Å². The maximum atomic E-state index is 10.6. The van der Waals surface area contributed by atoms with Gasteiger partial charge in [0.2, 0.25) is 0 Å². The summed E-state index contributed by atoms with van der Waals surface area (Å²) >= 11 is 5.10. The number of benzene rings is 1. The molecule has 1 aromatic heterocycles. The van der Waals surface area contributed by atoms with Crippen LogP contribution in [0.15, 0.2) is 23.1 Å². The second kappa shape index (κ2) is 3.14. The minimum absolute atomic E-state index is 0.224. The van der Waals surface area contributed by atoms with Gasteiger partial charge in [-0.2, -0.15) is 0 Å². The molecule has 0 fully saturated rings. The van der Waals surface area contributed by atoms with Gasteiger partial charge in [-0.05, 0) is 18.2 Å². The average molecular weight is 227 g/mol. The minimum Gasteiger partial charge on any atom is -0.495 e. The fourth-order valence-corrected chi connectivity index (χ4v) is 2.48. The van der Waals surface area contributed by atoms with E-state index >= 15 is 0 Å². The van der Waals surface area contributed by atoms with Crippen molar-refractivity contribution in [1.29, 1.82) is 0 Å². The number of hydrogen-bond donors (Lipinski definition) is 2. The summed E-state index contributed by atoms with van der Waals surface area (Å²) in [5.74, 6) is 0. The van der Waals surface area contributed by atoms with Gasteiger partial charge >= 0.3 is 5.69 Å². The van der Waals surface area contributed by atoms with Crippen molar-refractivity contribution in [2.75, 3.05) is 0 Å². The van der Waals surface area contributed by atoms with Crippen LogP contribution in [-0.4, -0.2) is 10.0 Å². The predicted octanol–water partition coefficient (Wildman–Crippen LogP) is 2.80. The Morgan fingerprint density at radius 1 is 1.50 bits per heavy atom. The molecule has 0 spiro atoms. The molecule has 0 aliphatic rings. The number of nitro groups is 1. The topological polar surface area (TPSA) is 63.4 Å². The predicted molar refractivity (Wildman–Crippen MR) is 57.4 cm³/mol. The van der Waals surface area contributed by atoms with Gasteiger partial charge in [0.25, 0.3) is 5.06 Å². The Morgan fingerprint density at radius 3 is 2.86 bits per heavy atom. The molecule has 0 aliphatic heterocycles. The summed E-state index contributed by atoms with van der Waals surface area (Å²) in [5.41, 5.74) is -0.224. The van der Waals surface area contributed by atoms with E-state index in [4.69, 9.17) is 0 Å². The Kier molecular flexibility index (Phi) is 2.09. The number of rotatable bonds is 1. The Morgan fingerprint density at radius 2 is 2.21 bits per heavy atom. The fraction of sp³-hybridized carbons (Fsp3) is 0. The van der Waals surface area contributed by atoms with Gasteiger partial charge < -0.3 is 5.11 Å². The number of thiophene rings is 1. The summed E-state index contributed by atoms with van der Waals surface area (Å²) in [4.78, 5) is 10.8. The highest BCUT2D eigenvalue weighted by Gasteiger charge is 2.21. The number of fused-ring (bicyclic) bond motifs is 1. The fourth-order valence-electron chi connectivity index (χ4n) is 1.24. The molecule has 1 heterocycles. The molecule has 14 heavy (non-hydrogen) atoms. The van der Waals surface area contributed by atoms with E-state index in [0.29, 0.717) is 15.0 Å². The number of thiol groups is 1. The lowest BCUT2D eigenvalue weighted by Gasteiger charge is -1.91. The Balaban J connectivity index is 2.84. The van der Waals surface area contributed by atoms with Gasteiger partial charge in [-0.15, -0.1) is 12.6 Å². The largest absolute Gasteiger partial charge is 0.495 e. The Bertz CT molecular complexity index is 521. The molecule has 72 valence electrons. The Hall–Kier alpha value is -1.27. The van der Waals surface area contributed by atoms with Crippen molar-refractivity contribution in [3.05, 3.63) is 28.3 Å². The van der Waals surface area contributed by atoms with Crippen LogP contribution >= 0.6 is 24.0 Å². The van der Waals surface area contributed by atoms with Gasteiger partial charge in [-0.1, -0.05) is 11.3 Å². The average Bonchev–Trinajstić information content (AvgIpc) is 2.39. The lowest BCUT2D eigenvalue weighted by molar-refractivity contribution is -0.383. The molecule has 1 aromatic carbocycles. The maximum absolute atomic E-state index is 10.6. The van der Waals surface area contributed by atoms with E-state index < -0.39 is 4.92 Å². The van der Waals surface area contributed by atoms with Gasteiger partial charge in [0.05, 0.1) is 10.3 Å². The minimum atomic E-state index is -0.577. The van der Waals surface area contributed by atoms with E-state index in [9.17, 15) is 15.2 Å². The van der Waals surface area contributed by atoms with Gasteiger partial charge in [0.15, 0.2) is 0 Å². The zero-order chi connectivity index (χ0) is 10.3. The first kappa shape index (κ1) is 9.29. The van der Waals surface area contributed by atoms with Gasteiger partial charge in [-0.25, -0.2) is 0 Å². The van der Waals surface area contributed by atoms with E-state index in [1.54, 1.807) is 18.2 Å². The van der Waals surface area contributed by atoms with E-state index in [-0.39, 0.29) is 10.8 Å². The first-order valence-corrected chi connectivity index (χ1v) is 4.95. The summed E-state index contributed by atoms with van der Waals surface area (Å²) in [6.07, 6.45) is 0. The highest BCUT2D eigenvalue weighted by atomic mass is 32.1. The molecule has 0 aliphatic carbocycles. The lowest BCUT2D eigenvalue weighted by atomic mass is 10.2. The molecular formula is C8H5NO3S2. The summed E-state index contributed by atoms with van der Waals surface area (Å²) in [7, 11) is 0. The van der Waals surface area contributed by atoms with Crippen LogP contribution in [0.2, 0.25) is 0 Å². The zero-order valence-corrected chi connectivity index (χ0v) is 8.51. The number of hydrogen-bond acceptors (Lipinski definition) is 5.